The molecule has 0 spiro atoms. The summed E-state index contributed by atoms with van der Waals surface area (Å²) in [4.78, 5) is 16.8. The van der Waals surface area contributed by atoms with Crippen LogP contribution in [0.25, 0.3) is 0 Å². The number of nitrogens with one attached hydrogen (secondary N) is 2. The second kappa shape index (κ2) is 9.09. The summed E-state index contributed by atoms with van der Waals surface area (Å²) >= 11 is 0. The van der Waals surface area contributed by atoms with E-state index in [2.05, 4.69) is 51.6 Å². The van der Waals surface area contributed by atoms with E-state index in [4.69, 9.17) is 0 Å². The van der Waals surface area contributed by atoms with Crippen molar-refractivity contribution in [2.45, 2.75) is 26.2 Å². The van der Waals surface area contributed by atoms with Gasteiger partial charge in [0.05, 0.1) is 0 Å². The summed E-state index contributed by atoms with van der Waals surface area (Å²) in [6.07, 6.45) is 3.71. The Hall–Kier alpha value is -1.75. The first-order valence-corrected chi connectivity index (χ1v) is 9.75. The third kappa shape index (κ3) is 5.63. The fraction of sp³-hybridized carbons (Fsp3) is 0.650. The molecule has 1 unspecified atom stereocenters. The average molecular weight is 345 g/mol. The van der Waals surface area contributed by atoms with Gasteiger partial charge in [0.2, 0.25) is 0 Å². The van der Waals surface area contributed by atoms with Crippen LogP contribution in [0.2, 0.25) is 0 Å². The fourth-order valence-electron chi connectivity index (χ4n) is 3.79. The standard InChI is InChI=1S/C20H32N4O/c1-17-7-11-23(12-8-17)14-10-21-20(25)22-15-18-9-13-24(16-18)19-5-3-2-4-6-19/h2-6,17-18H,7-16H2,1H3,(H2,21,22,25). The molecule has 2 fully saturated rings. The van der Waals surface area contributed by atoms with Crippen LogP contribution in [-0.2, 0) is 0 Å². The average Bonchev–Trinajstić information content (AvgIpc) is 3.11. The van der Waals surface area contributed by atoms with Crippen LogP contribution in [-0.4, -0.2) is 56.7 Å². The van der Waals surface area contributed by atoms with Gasteiger partial charge in [0, 0.05) is 38.4 Å². The maximum atomic E-state index is 12.0. The van der Waals surface area contributed by atoms with Crippen LogP contribution in [0, 0.1) is 11.8 Å². The van der Waals surface area contributed by atoms with E-state index in [0.717, 1.165) is 45.1 Å². The molecule has 3 rings (SSSR count). The molecule has 0 radical (unpaired) electrons. The van der Waals surface area contributed by atoms with E-state index in [1.807, 2.05) is 6.07 Å². The molecule has 2 aliphatic rings. The number of urea groups is 1. The van der Waals surface area contributed by atoms with E-state index >= 15 is 0 Å². The number of piperidine rings is 1. The van der Waals surface area contributed by atoms with E-state index in [0.29, 0.717) is 5.92 Å². The summed E-state index contributed by atoms with van der Waals surface area (Å²) in [6, 6.07) is 10.5. The number of para-hydroxylation sites is 1. The van der Waals surface area contributed by atoms with Gasteiger partial charge in [-0.15, -0.1) is 0 Å². The van der Waals surface area contributed by atoms with Gasteiger partial charge in [-0.05, 0) is 56.3 Å². The summed E-state index contributed by atoms with van der Waals surface area (Å²) in [5.41, 5.74) is 1.28. The van der Waals surface area contributed by atoms with Gasteiger partial charge in [0.1, 0.15) is 0 Å². The van der Waals surface area contributed by atoms with Crippen LogP contribution in [0.15, 0.2) is 30.3 Å². The maximum Gasteiger partial charge on any atom is 0.314 e. The van der Waals surface area contributed by atoms with Crippen molar-refractivity contribution in [3.8, 4) is 0 Å². The lowest BCUT2D eigenvalue weighted by molar-refractivity contribution is 0.191. The van der Waals surface area contributed by atoms with Crippen molar-refractivity contribution >= 4 is 11.7 Å². The Kier molecular flexibility index (Phi) is 6.56. The molecule has 2 heterocycles. The Morgan fingerprint density at radius 2 is 1.84 bits per heavy atom. The number of anilines is 1. The lowest BCUT2D eigenvalue weighted by Gasteiger charge is -2.30. The number of hydrogen-bond acceptors (Lipinski definition) is 3. The molecule has 0 bridgehead atoms. The van der Waals surface area contributed by atoms with E-state index in [-0.39, 0.29) is 6.03 Å². The van der Waals surface area contributed by atoms with Gasteiger partial charge >= 0.3 is 6.03 Å². The lowest BCUT2D eigenvalue weighted by atomic mass is 9.99. The summed E-state index contributed by atoms with van der Waals surface area (Å²) in [5.74, 6) is 1.39. The molecule has 1 aromatic carbocycles. The molecular formula is C20H32N4O. The van der Waals surface area contributed by atoms with Gasteiger partial charge in [0.25, 0.3) is 0 Å². The van der Waals surface area contributed by atoms with Crippen LogP contribution >= 0.6 is 0 Å². The number of hydrogen-bond donors (Lipinski definition) is 2. The Balaban J connectivity index is 1.28. The van der Waals surface area contributed by atoms with E-state index in [9.17, 15) is 4.79 Å². The van der Waals surface area contributed by atoms with Crippen LogP contribution in [0.3, 0.4) is 0 Å². The van der Waals surface area contributed by atoms with Crippen molar-refractivity contribution in [3.63, 3.8) is 0 Å². The van der Waals surface area contributed by atoms with Crippen molar-refractivity contribution in [1.82, 2.24) is 15.5 Å². The van der Waals surface area contributed by atoms with Gasteiger partial charge < -0.3 is 20.4 Å². The molecule has 0 aromatic heterocycles. The Morgan fingerprint density at radius 1 is 1.08 bits per heavy atom. The first-order chi connectivity index (χ1) is 12.2. The molecule has 138 valence electrons. The highest BCUT2D eigenvalue weighted by molar-refractivity contribution is 5.73. The lowest BCUT2D eigenvalue weighted by Crippen LogP contribution is -2.43. The second-order valence-electron chi connectivity index (χ2n) is 7.60. The highest BCUT2D eigenvalue weighted by Crippen LogP contribution is 2.22. The number of likely N-dealkylation sites (tertiary alicyclic amines) is 1. The second-order valence-corrected chi connectivity index (χ2v) is 7.60. The minimum Gasteiger partial charge on any atom is -0.371 e. The van der Waals surface area contributed by atoms with Crippen molar-refractivity contribution in [2.75, 3.05) is 50.7 Å². The number of carbonyl (C=O) groups excluding carboxylic acids is 1. The molecular weight excluding hydrogens is 312 g/mol. The fourth-order valence-corrected chi connectivity index (χ4v) is 3.79. The van der Waals surface area contributed by atoms with Crippen LogP contribution < -0.4 is 15.5 Å². The Morgan fingerprint density at radius 3 is 2.60 bits per heavy atom. The molecule has 0 saturated carbocycles. The van der Waals surface area contributed by atoms with Crippen molar-refractivity contribution in [3.05, 3.63) is 30.3 Å². The van der Waals surface area contributed by atoms with Crippen molar-refractivity contribution in [1.29, 1.82) is 0 Å². The number of carbonyl (C=O) groups is 1. The normalized spacial score (nSPS) is 22.1. The molecule has 5 nitrogen and oxygen atoms in total. The number of benzene rings is 1. The number of nitrogens with zero attached hydrogens (tertiary/aromatic N) is 2. The van der Waals surface area contributed by atoms with Crippen molar-refractivity contribution < 1.29 is 4.79 Å². The van der Waals surface area contributed by atoms with Gasteiger partial charge in [-0.3, -0.25) is 0 Å². The predicted octanol–water partition coefficient (Wildman–Crippen LogP) is 2.54. The highest BCUT2D eigenvalue weighted by Gasteiger charge is 2.23. The van der Waals surface area contributed by atoms with E-state index in [1.54, 1.807) is 0 Å². The molecule has 2 aliphatic heterocycles. The third-order valence-corrected chi connectivity index (χ3v) is 5.55. The zero-order valence-electron chi connectivity index (χ0n) is 15.4. The molecule has 1 aromatic rings. The van der Waals surface area contributed by atoms with E-state index in [1.165, 1.54) is 31.6 Å². The SMILES string of the molecule is CC1CCN(CCNC(=O)NCC2CCN(c3ccccc3)C2)CC1. The summed E-state index contributed by atoms with van der Waals surface area (Å²) in [6.45, 7) is 9.22. The van der Waals surface area contributed by atoms with Crippen LogP contribution in [0.4, 0.5) is 10.5 Å². The number of rotatable bonds is 6. The van der Waals surface area contributed by atoms with Crippen LogP contribution in [0.1, 0.15) is 26.2 Å². The van der Waals surface area contributed by atoms with Gasteiger partial charge in [0.15, 0.2) is 0 Å². The van der Waals surface area contributed by atoms with E-state index < -0.39 is 0 Å². The van der Waals surface area contributed by atoms with Crippen LogP contribution in [0.5, 0.6) is 0 Å². The smallest absolute Gasteiger partial charge is 0.314 e. The Bertz CT molecular complexity index is 528. The first-order valence-electron chi connectivity index (χ1n) is 9.75. The monoisotopic (exact) mass is 344 g/mol. The van der Waals surface area contributed by atoms with Gasteiger partial charge in [-0.2, -0.15) is 0 Å². The van der Waals surface area contributed by atoms with Gasteiger partial charge in [-0.1, -0.05) is 25.1 Å². The third-order valence-electron chi connectivity index (χ3n) is 5.55. The molecule has 25 heavy (non-hydrogen) atoms. The topological polar surface area (TPSA) is 47.6 Å². The molecule has 1 atom stereocenters. The molecule has 5 heteroatoms. The zero-order valence-corrected chi connectivity index (χ0v) is 15.4. The summed E-state index contributed by atoms with van der Waals surface area (Å²) in [7, 11) is 0. The summed E-state index contributed by atoms with van der Waals surface area (Å²) < 4.78 is 0. The number of amides is 2. The predicted molar refractivity (Wildman–Crippen MR) is 103 cm³/mol. The quantitative estimate of drug-likeness (QED) is 0.834. The first kappa shape index (κ1) is 18.1. The van der Waals surface area contributed by atoms with Gasteiger partial charge in [-0.25, -0.2) is 4.79 Å². The van der Waals surface area contributed by atoms with Crippen molar-refractivity contribution in [2.24, 2.45) is 11.8 Å². The maximum absolute atomic E-state index is 12.0. The molecule has 2 amide bonds. The minimum absolute atomic E-state index is 0.0245. The molecule has 2 saturated heterocycles. The Labute approximate surface area is 151 Å². The molecule has 0 aliphatic carbocycles. The minimum atomic E-state index is -0.0245. The highest BCUT2D eigenvalue weighted by atomic mass is 16.2. The largest absolute Gasteiger partial charge is 0.371 e. The molecule has 2 N–H and O–H groups in total. The zero-order chi connectivity index (χ0) is 17.5. The summed E-state index contributed by atoms with van der Waals surface area (Å²) in [5, 5.41) is 6.05.